The van der Waals surface area contributed by atoms with Crippen molar-refractivity contribution in [2.45, 2.75) is 19.3 Å². The molecule has 0 saturated heterocycles. The number of hydrogen-bond acceptors (Lipinski definition) is 0. The lowest BCUT2D eigenvalue weighted by Gasteiger charge is -2.09. The normalized spacial score (nSPS) is 15.8. The number of rotatable bonds is 3. The van der Waals surface area contributed by atoms with Gasteiger partial charge in [0.25, 0.3) is 0 Å². The predicted molar refractivity (Wildman–Crippen MR) is 50.4 cm³/mol. The van der Waals surface area contributed by atoms with Gasteiger partial charge in [0.1, 0.15) is 0 Å². The van der Waals surface area contributed by atoms with E-state index in [-0.39, 0.29) is 0 Å². The van der Waals surface area contributed by atoms with E-state index < -0.39 is 0 Å². The molecule has 1 aliphatic carbocycles. The van der Waals surface area contributed by atoms with Gasteiger partial charge in [-0.1, -0.05) is 30.9 Å². The van der Waals surface area contributed by atoms with E-state index in [1.54, 1.807) is 0 Å². The SMILES string of the molecule is C=CCC(=C)C1=CC=CCC1. The van der Waals surface area contributed by atoms with Crippen molar-refractivity contribution < 1.29 is 0 Å². The maximum absolute atomic E-state index is 3.99. The summed E-state index contributed by atoms with van der Waals surface area (Å²) in [7, 11) is 0. The molecule has 0 heteroatoms. The van der Waals surface area contributed by atoms with Gasteiger partial charge in [-0.2, -0.15) is 0 Å². The molecule has 0 fully saturated rings. The van der Waals surface area contributed by atoms with Crippen molar-refractivity contribution >= 4 is 0 Å². The summed E-state index contributed by atoms with van der Waals surface area (Å²) in [5, 5.41) is 0. The van der Waals surface area contributed by atoms with Crippen molar-refractivity contribution in [3.8, 4) is 0 Å². The standard InChI is InChI=1S/C11H14/c1-3-7-10(2)11-8-5-4-6-9-11/h3-5,8H,1-2,6-7,9H2. The Morgan fingerprint density at radius 3 is 3.00 bits per heavy atom. The molecule has 1 aliphatic rings. The minimum atomic E-state index is 0.916. The average molecular weight is 146 g/mol. The summed E-state index contributed by atoms with van der Waals surface area (Å²) in [6.07, 6.45) is 11.6. The van der Waals surface area contributed by atoms with Crippen LogP contribution in [0.5, 0.6) is 0 Å². The molecule has 0 nitrogen and oxygen atoms in total. The Labute approximate surface area is 68.6 Å². The molecule has 0 N–H and O–H groups in total. The van der Waals surface area contributed by atoms with Crippen LogP contribution < -0.4 is 0 Å². The van der Waals surface area contributed by atoms with Crippen LogP contribution in [-0.4, -0.2) is 0 Å². The maximum atomic E-state index is 3.99. The maximum Gasteiger partial charge on any atom is -0.0103 e. The van der Waals surface area contributed by atoms with Gasteiger partial charge in [0.05, 0.1) is 0 Å². The Hall–Kier alpha value is -1.04. The largest absolute Gasteiger partial charge is 0.103 e. The highest BCUT2D eigenvalue weighted by Crippen LogP contribution is 2.20. The molecule has 0 aromatic heterocycles. The van der Waals surface area contributed by atoms with Crippen LogP contribution in [0.4, 0.5) is 0 Å². The molecule has 0 unspecified atom stereocenters. The zero-order valence-electron chi connectivity index (χ0n) is 6.84. The molecule has 0 spiro atoms. The molecule has 0 aromatic carbocycles. The van der Waals surface area contributed by atoms with E-state index in [2.05, 4.69) is 31.4 Å². The zero-order valence-corrected chi connectivity index (χ0v) is 6.84. The molecule has 58 valence electrons. The number of allylic oxidation sites excluding steroid dienone is 6. The highest BCUT2D eigenvalue weighted by atomic mass is 14.1. The van der Waals surface area contributed by atoms with Gasteiger partial charge in [-0.05, 0) is 30.4 Å². The second-order valence-corrected chi connectivity index (χ2v) is 2.76. The van der Waals surface area contributed by atoms with Gasteiger partial charge in [0.15, 0.2) is 0 Å². The Bertz CT molecular complexity index is 216. The molecule has 0 atom stereocenters. The Morgan fingerprint density at radius 1 is 1.64 bits per heavy atom. The summed E-state index contributed by atoms with van der Waals surface area (Å²) in [6.45, 7) is 7.68. The van der Waals surface area contributed by atoms with Crippen LogP contribution in [0.1, 0.15) is 19.3 Å². The van der Waals surface area contributed by atoms with E-state index in [1.807, 2.05) is 6.08 Å². The van der Waals surface area contributed by atoms with Crippen molar-refractivity contribution in [2.75, 3.05) is 0 Å². The van der Waals surface area contributed by atoms with Crippen LogP contribution in [-0.2, 0) is 0 Å². The lowest BCUT2D eigenvalue weighted by atomic mass is 9.96. The molecular formula is C11H14. The third-order valence-electron chi connectivity index (χ3n) is 1.86. The Balaban J connectivity index is 2.58. The molecule has 0 radical (unpaired) electrons. The van der Waals surface area contributed by atoms with Crippen molar-refractivity contribution in [1.82, 2.24) is 0 Å². The van der Waals surface area contributed by atoms with Crippen LogP contribution in [0, 0.1) is 0 Å². The van der Waals surface area contributed by atoms with Crippen LogP contribution in [0.3, 0.4) is 0 Å². The highest BCUT2D eigenvalue weighted by molar-refractivity contribution is 5.35. The molecule has 1 rings (SSSR count). The second kappa shape index (κ2) is 3.97. The van der Waals surface area contributed by atoms with Crippen LogP contribution in [0.15, 0.2) is 48.6 Å². The summed E-state index contributed by atoms with van der Waals surface area (Å²) in [5.41, 5.74) is 2.59. The quantitative estimate of drug-likeness (QED) is 0.535. The average Bonchev–Trinajstić information content (AvgIpc) is 2.07. The first-order valence-electron chi connectivity index (χ1n) is 3.99. The lowest BCUT2D eigenvalue weighted by molar-refractivity contribution is 0.957. The van der Waals surface area contributed by atoms with Gasteiger partial charge in [0.2, 0.25) is 0 Å². The Kier molecular flexibility index (Phi) is 2.91. The summed E-state index contributed by atoms with van der Waals surface area (Å²) in [4.78, 5) is 0. The first-order valence-corrected chi connectivity index (χ1v) is 3.99. The Morgan fingerprint density at radius 2 is 2.45 bits per heavy atom. The van der Waals surface area contributed by atoms with E-state index in [0.717, 1.165) is 19.3 Å². The van der Waals surface area contributed by atoms with E-state index in [1.165, 1.54) is 11.1 Å². The third kappa shape index (κ3) is 2.23. The molecular weight excluding hydrogens is 132 g/mol. The minimum Gasteiger partial charge on any atom is -0.103 e. The van der Waals surface area contributed by atoms with Crippen molar-refractivity contribution in [3.63, 3.8) is 0 Å². The minimum absolute atomic E-state index is 0.916. The molecule has 0 heterocycles. The topological polar surface area (TPSA) is 0 Å². The summed E-state index contributed by atoms with van der Waals surface area (Å²) < 4.78 is 0. The van der Waals surface area contributed by atoms with Gasteiger partial charge in [-0.3, -0.25) is 0 Å². The molecule has 0 saturated carbocycles. The van der Waals surface area contributed by atoms with E-state index in [0.29, 0.717) is 0 Å². The summed E-state index contributed by atoms with van der Waals surface area (Å²) in [6, 6.07) is 0. The van der Waals surface area contributed by atoms with Gasteiger partial charge >= 0.3 is 0 Å². The lowest BCUT2D eigenvalue weighted by Crippen LogP contribution is -1.89. The zero-order chi connectivity index (χ0) is 8.10. The monoisotopic (exact) mass is 146 g/mol. The van der Waals surface area contributed by atoms with Crippen LogP contribution in [0.25, 0.3) is 0 Å². The summed E-state index contributed by atoms with van der Waals surface area (Å²) in [5.74, 6) is 0. The van der Waals surface area contributed by atoms with Crippen molar-refractivity contribution in [3.05, 3.63) is 48.6 Å². The van der Waals surface area contributed by atoms with Gasteiger partial charge < -0.3 is 0 Å². The molecule has 11 heavy (non-hydrogen) atoms. The summed E-state index contributed by atoms with van der Waals surface area (Å²) >= 11 is 0. The van der Waals surface area contributed by atoms with Gasteiger partial charge in [-0.15, -0.1) is 6.58 Å². The van der Waals surface area contributed by atoms with Gasteiger partial charge in [0, 0.05) is 0 Å². The molecule has 0 aromatic rings. The van der Waals surface area contributed by atoms with E-state index in [9.17, 15) is 0 Å². The van der Waals surface area contributed by atoms with Crippen molar-refractivity contribution in [2.24, 2.45) is 0 Å². The first kappa shape index (κ1) is 8.06. The van der Waals surface area contributed by atoms with Crippen molar-refractivity contribution in [1.29, 1.82) is 0 Å². The second-order valence-electron chi connectivity index (χ2n) is 2.76. The first-order chi connectivity index (χ1) is 5.34. The molecule has 0 amide bonds. The molecule has 0 aliphatic heterocycles. The highest BCUT2D eigenvalue weighted by Gasteiger charge is 2.01. The van der Waals surface area contributed by atoms with Crippen LogP contribution >= 0.6 is 0 Å². The number of hydrogen-bond donors (Lipinski definition) is 0. The van der Waals surface area contributed by atoms with Crippen LogP contribution in [0.2, 0.25) is 0 Å². The van der Waals surface area contributed by atoms with E-state index in [4.69, 9.17) is 0 Å². The predicted octanol–water partition coefficient (Wildman–Crippen LogP) is 3.40. The smallest absolute Gasteiger partial charge is 0.0103 e. The van der Waals surface area contributed by atoms with Gasteiger partial charge in [-0.25, -0.2) is 0 Å². The fourth-order valence-electron chi connectivity index (χ4n) is 1.20. The van der Waals surface area contributed by atoms with E-state index >= 15 is 0 Å². The molecule has 0 bridgehead atoms. The fraction of sp³-hybridized carbons (Fsp3) is 0.273. The fourth-order valence-corrected chi connectivity index (χ4v) is 1.20. The third-order valence-corrected chi connectivity index (χ3v) is 1.86.